The molecule has 38 heavy (non-hydrogen) atoms. The normalized spacial score (nSPS) is 12.2. The number of ether oxygens (including phenoxy) is 1. The summed E-state index contributed by atoms with van der Waals surface area (Å²) in [4.78, 5) is 28.9. The zero-order valence-electron chi connectivity index (χ0n) is 21.8. The van der Waals surface area contributed by atoms with Gasteiger partial charge in [-0.05, 0) is 23.1 Å². The quantitative estimate of drug-likeness (QED) is 0.318. The van der Waals surface area contributed by atoms with E-state index < -0.39 is 28.5 Å². The van der Waals surface area contributed by atoms with Gasteiger partial charge in [0.2, 0.25) is 21.8 Å². The number of rotatable bonds is 14. The highest BCUT2D eigenvalue weighted by Crippen LogP contribution is 2.25. The number of carbonyl (C=O) groups excluding carboxylic acids is 2. The van der Waals surface area contributed by atoms with E-state index in [-0.39, 0.29) is 19.0 Å². The minimum Gasteiger partial charge on any atom is -0.385 e. The van der Waals surface area contributed by atoms with Crippen LogP contribution in [0.3, 0.4) is 0 Å². The predicted octanol–water partition coefficient (Wildman–Crippen LogP) is 3.37. The fourth-order valence-corrected chi connectivity index (χ4v) is 4.78. The molecule has 1 unspecified atom stereocenters. The van der Waals surface area contributed by atoms with Crippen molar-refractivity contribution in [3.63, 3.8) is 0 Å². The van der Waals surface area contributed by atoms with Crippen LogP contribution in [0.25, 0.3) is 0 Å². The molecule has 0 heterocycles. The summed E-state index contributed by atoms with van der Waals surface area (Å²) in [6.45, 7) is 0.650. The molecular formula is C29H35N3O5S. The summed E-state index contributed by atoms with van der Waals surface area (Å²) in [7, 11) is -2.13. The third-order valence-corrected chi connectivity index (χ3v) is 7.19. The van der Waals surface area contributed by atoms with Crippen molar-refractivity contribution in [1.82, 2.24) is 14.5 Å². The van der Waals surface area contributed by atoms with Crippen LogP contribution in [0.1, 0.15) is 29.2 Å². The van der Waals surface area contributed by atoms with E-state index in [2.05, 4.69) is 5.32 Å². The number of benzene rings is 3. The first-order valence-corrected chi connectivity index (χ1v) is 14.3. The third kappa shape index (κ3) is 8.79. The van der Waals surface area contributed by atoms with Gasteiger partial charge in [0.15, 0.2) is 0 Å². The van der Waals surface area contributed by atoms with E-state index in [1.165, 1.54) is 4.90 Å². The SMILES string of the molecule is COCCCNC(=O)C(c1ccccc1)N(Cc1ccccc1)C(=O)CN(Cc1ccccc1)S(C)(=O)=O. The van der Waals surface area contributed by atoms with Crippen LogP contribution in [-0.2, 0) is 37.4 Å². The lowest BCUT2D eigenvalue weighted by atomic mass is 10.0. The molecule has 2 amide bonds. The maximum absolute atomic E-state index is 13.9. The van der Waals surface area contributed by atoms with Crippen molar-refractivity contribution in [2.75, 3.05) is 33.1 Å². The van der Waals surface area contributed by atoms with E-state index in [0.29, 0.717) is 25.1 Å². The molecule has 0 aromatic heterocycles. The van der Waals surface area contributed by atoms with Gasteiger partial charge in [-0.15, -0.1) is 0 Å². The van der Waals surface area contributed by atoms with Crippen LogP contribution in [0.15, 0.2) is 91.0 Å². The lowest BCUT2D eigenvalue weighted by molar-refractivity contribution is -0.141. The Hall–Kier alpha value is -3.53. The Bertz CT molecular complexity index is 1260. The summed E-state index contributed by atoms with van der Waals surface area (Å²) in [6, 6.07) is 26.5. The number of sulfonamides is 1. The highest BCUT2D eigenvalue weighted by Gasteiger charge is 2.33. The molecule has 3 aromatic carbocycles. The van der Waals surface area contributed by atoms with Gasteiger partial charge in [0.1, 0.15) is 6.04 Å². The molecule has 9 heteroatoms. The minimum absolute atomic E-state index is 0.0454. The molecule has 0 saturated heterocycles. The molecule has 0 saturated carbocycles. The zero-order chi connectivity index (χ0) is 27.4. The van der Waals surface area contributed by atoms with Crippen molar-refractivity contribution in [3.05, 3.63) is 108 Å². The second-order valence-corrected chi connectivity index (χ2v) is 11.0. The van der Waals surface area contributed by atoms with Crippen LogP contribution in [0, 0.1) is 0 Å². The van der Waals surface area contributed by atoms with Crippen molar-refractivity contribution in [2.45, 2.75) is 25.6 Å². The summed E-state index contributed by atoms with van der Waals surface area (Å²) in [5, 5.41) is 2.92. The highest BCUT2D eigenvalue weighted by molar-refractivity contribution is 7.88. The Morgan fingerprint density at radius 3 is 1.89 bits per heavy atom. The second kappa shape index (κ2) is 14.4. The molecule has 1 atom stereocenters. The third-order valence-electron chi connectivity index (χ3n) is 6.00. The smallest absolute Gasteiger partial charge is 0.247 e. The topological polar surface area (TPSA) is 96.0 Å². The molecule has 202 valence electrons. The molecular weight excluding hydrogens is 502 g/mol. The standard InChI is InChI=1S/C29H35N3O5S/c1-37-20-12-19-30-29(34)28(26-17-10-5-11-18-26)32(22-25-15-8-4-9-16-25)27(33)23-31(38(2,35)36)21-24-13-6-3-7-14-24/h3-11,13-18,28H,12,19-23H2,1-2H3,(H,30,34). The molecule has 0 aliphatic carbocycles. The number of methoxy groups -OCH3 is 1. The molecule has 0 aliphatic heterocycles. The van der Waals surface area contributed by atoms with E-state index in [9.17, 15) is 18.0 Å². The van der Waals surface area contributed by atoms with Gasteiger partial charge >= 0.3 is 0 Å². The number of nitrogens with zero attached hydrogens (tertiary/aromatic N) is 2. The summed E-state index contributed by atoms with van der Waals surface area (Å²) in [5.41, 5.74) is 2.22. The fourth-order valence-electron chi connectivity index (χ4n) is 4.06. The van der Waals surface area contributed by atoms with Gasteiger partial charge in [-0.2, -0.15) is 4.31 Å². The van der Waals surface area contributed by atoms with Crippen molar-refractivity contribution in [1.29, 1.82) is 0 Å². The van der Waals surface area contributed by atoms with Crippen LogP contribution < -0.4 is 5.32 Å². The van der Waals surface area contributed by atoms with Gasteiger partial charge in [-0.1, -0.05) is 91.0 Å². The van der Waals surface area contributed by atoms with E-state index in [4.69, 9.17) is 4.74 Å². The number of hydrogen-bond donors (Lipinski definition) is 1. The maximum atomic E-state index is 13.9. The number of carbonyl (C=O) groups is 2. The molecule has 0 radical (unpaired) electrons. The molecule has 0 spiro atoms. The van der Waals surface area contributed by atoms with Crippen molar-refractivity contribution in [3.8, 4) is 0 Å². The zero-order valence-corrected chi connectivity index (χ0v) is 22.6. The Kier molecular flexibility index (Phi) is 11.0. The van der Waals surface area contributed by atoms with Gasteiger partial charge in [0, 0.05) is 33.4 Å². The predicted molar refractivity (Wildman–Crippen MR) is 147 cm³/mol. The number of hydrogen-bond acceptors (Lipinski definition) is 5. The van der Waals surface area contributed by atoms with Crippen LogP contribution >= 0.6 is 0 Å². The van der Waals surface area contributed by atoms with Gasteiger partial charge in [-0.25, -0.2) is 8.42 Å². The summed E-state index contributed by atoms with van der Waals surface area (Å²) in [5.74, 6) is -0.818. The molecule has 0 aliphatic rings. The van der Waals surface area contributed by atoms with Crippen LogP contribution in [0.2, 0.25) is 0 Å². The lowest BCUT2D eigenvalue weighted by Gasteiger charge is -2.33. The first-order valence-electron chi connectivity index (χ1n) is 12.4. The van der Waals surface area contributed by atoms with Gasteiger partial charge in [0.05, 0.1) is 12.8 Å². The van der Waals surface area contributed by atoms with E-state index in [0.717, 1.165) is 21.7 Å². The van der Waals surface area contributed by atoms with Gasteiger partial charge in [0.25, 0.3) is 0 Å². The highest BCUT2D eigenvalue weighted by atomic mass is 32.2. The first-order chi connectivity index (χ1) is 18.3. The van der Waals surface area contributed by atoms with Crippen molar-refractivity contribution >= 4 is 21.8 Å². The lowest BCUT2D eigenvalue weighted by Crippen LogP contribution is -2.48. The average molecular weight is 538 g/mol. The molecule has 0 fully saturated rings. The largest absolute Gasteiger partial charge is 0.385 e. The Morgan fingerprint density at radius 2 is 1.37 bits per heavy atom. The second-order valence-electron chi connectivity index (χ2n) is 8.97. The Morgan fingerprint density at radius 1 is 0.842 bits per heavy atom. The average Bonchev–Trinajstić information content (AvgIpc) is 2.91. The summed E-state index contributed by atoms with van der Waals surface area (Å²) >= 11 is 0. The Labute approximate surface area is 225 Å². The van der Waals surface area contributed by atoms with Gasteiger partial charge in [-0.3, -0.25) is 9.59 Å². The molecule has 8 nitrogen and oxygen atoms in total. The van der Waals surface area contributed by atoms with Crippen molar-refractivity contribution in [2.24, 2.45) is 0 Å². The van der Waals surface area contributed by atoms with Crippen molar-refractivity contribution < 1.29 is 22.7 Å². The Balaban J connectivity index is 1.96. The fraction of sp³-hybridized carbons (Fsp3) is 0.310. The minimum atomic E-state index is -3.72. The number of nitrogens with one attached hydrogen (secondary N) is 1. The van der Waals surface area contributed by atoms with E-state index in [1.807, 2.05) is 78.9 Å². The number of amides is 2. The van der Waals surface area contributed by atoms with E-state index in [1.54, 1.807) is 19.2 Å². The molecule has 3 aromatic rings. The monoisotopic (exact) mass is 537 g/mol. The maximum Gasteiger partial charge on any atom is 0.247 e. The van der Waals surface area contributed by atoms with Crippen LogP contribution in [0.4, 0.5) is 0 Å². The van der Waals surface area contributed by atoms with Crippen LogP contribution in [0.5, 0.6) is 0 Å². The summed E-state index contributed by atoms with van der Waals surface area (Å²) < 4.78 is 31.6. The van der Waals surface area contributed by atoms with E-state index >= 15 is 0 Å². The summed E-state index contributed by atoms with van der Waals surface area (Å²) in [6.07, 6.45) is 1.71. The first kappa shape index (κ1) is 29.0. The molecule has 1 N–H and O–H groups in total. The van der Waals surface area contributed by atoms with Crippen LogP contribution in [-0.4, -0.2) is 62.5 Å². The van der Waals surface area contributed by atoms with Gasteiger partial charge < -0.3 is 15.0 Å². The molecule has 3 rings (SSSR count). The molecule has 0 bridgehead atoms.